The summed E-state index contributed by atoms with van der Waals surface area (Å²) in [7, 11) is 0. The van der Waals surface area contributed by atoms with Crippen LogP contribution < -0.4 is 0 Å². The van der Waals surface area contributed by atoms with Crippen molar-refractivity contribution in [2.45, 2.75) is 32.8 Å². The Morgan fingerprint density at radius 2 is 2.42 bits per heavy atom. The fourth-order valence-corrected chi connectivity index (χ4v) is 1.53. The number of hydrogen-bond acceptors (Lipinski definition) is 2. The van der Waals surface area contributed by atoms with Gasteiger partial charge in [0, 0.05) is 0 Å². The van der Waals surface area contributed by atoms with Gasteiger partial charge in [-0.2, -0.15) is 0 Å². The van der Waals surface area contributed by atoms with Crippen LogP contribution in [0.5, 0.6) is 0 Å². The lowest BCUT2D eigenvalue weighted by Gasteiger charge is -2.26. The Morgan fingerprint density at radius 1 is 1.75 bits per heavy atom. The molecule has 0 radical (unpaired) electrons. The number of rotatable bonds is 2. The highest BCUT2D eigenvalue weighted by Crippen LogP contribution is 2.29. The van der Waals surface area contributed by atoms with E-state index in [1.165, 1.54) is 5.57 Å². The lowest BCUT2D eigenvalue weighted by Crippen LogP contribution is -2.22. The van der Waals surface area contributed by atoms with E-state index < -0.39 is 0 Å². The summed E-state index contributed by atoms with van der Waals surface area (Å²) in [5.41, 5.74) is 2.29. The Kier molecular flexibility index (Phi) is 3.06. The molecular formula is C10H16O2. The van der Waals surface area contributed by atoms with Crippen LogP contribution in [0.15, 0.2) is 23.8 Å². The molecule has 0 fully saturated rings. The second-order valence-electron chi connectivity index (χ2n) is 3.56. The van der Waals surface area contributed by atoms with Gasteiger partial charge >= 0.3 is 0 Å². The van der Waals surface area contributed by atoms with Gasteiger partial charge in [0.2, 0.25) is 0 Å². The summed E-state index contributed by atoms with van der Waals surface area (Å²) >= 11 is 0. The first-order chi connectivity index (χ1) is 5.65. The highest BCUT2D eigenvalue weighted by Gasteiger charge is 2.22. The summed E-state index contributed by atoms with van der Waals surface area (Å²) in [4.78, 5) is 4.37. The lowest BCUT2D eigenvalue weighted by atomic mass is 9.84. The van der Waals surface area contributed by atoms with Crippen molar-refractivity contribution in [1.29, 1.82) is 0 Å². The van der Waals surface area contributed by atoms with Crippen LogP contribution in [0.4, 0.5) is 0 Å². The van der Waals surface area contributed by atoms with Crippen LogP contribution in [0, 0.1) is 5.92 Å². The quantitative estimate of drug-likeness (QED) is 0.390. The molecule has 0 aliphatic heterocycles. The molecule has 2 heteroatoms. The minimum atomic E-state index is -0.125. The van der Waals surface area contributed by atoms with Crippen LogP contribution in [0.3, 0.4) is 0 Å². The van der Waals surface area contributed by atoms with E-state index in [1.54, 1.807) is 0 Å². The third kappa shape index (κ3) is 1.96. The van der Waals surface area contributed by atoms with Crippen LogP contribution >= 0.6 is 0 Å². The van der Waals surface area contributed by atoms with Crippen molar-refractivity contribution in [2.24, 2.45) is 5.92 Å². The average Bonchev–Trinajstić information content (AvgIpc) is 2.05. The van der Waals surface area contributed by atoms with E-state index in [4.69, 9.17) is 5.26 Å². The first-order valence-electron chi connectivity index (χ1n) is 4.27. The molecule has 2 atom stereocenters. The average molecular weight is 168 g/mol. The normalized spacial score (nSPS) is 29.8. The Balaban J connectivity index is 2.64. The van der Waals surface area contributed by atoms with Gasteiger partial charge < -0.3 is 0 Å². The fourth-order valence-electron chi connectivity index (χ4n) is 1.53. The summed E-state index contributed by atoms with van der Waals surface area (Å²) in [6.07, 6.45) is 3.87. The topological polar surface area (TPSA) is 29.5 Å². The molecule has 2 nitrogen and oxygen atoms in total. The van der Waals surface area contributed by atoms with Crippen LogP contribution in [-0.4, -0.2) is 11.4 Å². The first-order valence-corrected chi connectivity index (χ1v) is 4.27. The zero-order valence-corrected chi connectivity index (χ0v) is 7.71. The maximum absolute atomic E-state index is 8.59. The highest BCUT2D eigenvalue weighted by molar-refractivity contribution is 5.14. The molecule has 1 rings (SSSR count). The highest BCUT2D eigenvalue weighted by atomic mass is 17.1. The van der Waals surface area contributed by atoms with Crippen molar-refractivity contribution in [3.05, 3.63) is 23.8 Å². The van der Waals surface area contributed by atoms with Gasteiger partial charge in [-0.1, -0.05) is 18.2 Å². The molecule has 0 spiro atoms. The molecule has 12 heavy (non-hydrogen) atoms. The van der Waals surface area contributed by atoms with E-state index >= 15 is 0 Å². The molecule has 0 heterocycles. The predicted molar refractivity (Wildman–Crippen MR) is 48.8 cm³/mol. The second-order valence-corrected chi connectivity index (χ2v) is 3.56. The summed E-state index contributed by atoms with van der Waals surface area (Å²) in [6.45, 7) is 7.91. The molecule has 2 unspecified atom stereocenters. The van der Waals surface area contributed by atoms with Gasteiger partial charge in [0.15, 0.2) is 0 Å². The van der Waals surface area contributed by atoms with Gasteiger partial charge in [-0.05, 0) is 38.2 Å². The van der Waals surface area contributed by atoms with E-state index in [-0.39, 0.29) is 6.10 Å². The monoisotopic (exact) mass is 168 g/mol. The van der Waals surface area contributed by atoms with Gasteiger partial charge in [-0.15, -0.1) is 0 Å². The van der Waals surface area contributed by atoms with Crippen molar-refractivity contribution < 1.29 is 10.1 Å². The first kappa shape index (κ1) is 9.49. The molecule has 68 valence electrons. The van der Waals surface area contributed by atoms with Gasteiger partial charge in [0.05, 0.1) is 0 Å². The van der Waals surface area contributed by atoms with E-state index in [9.17, 15) is 0 Å². The van der Waals surface area contributed by atoms with Crippen molar-refractivity contribution in [3.8, 4) is 0 Å². The molecular weight excluding hydrogens is 152 g/mol. The van der Waals surface area contributed by atoms with Gasteiger partial charge in [0.1, 0.15) is 6.10 Å². The molecule has 1 aliphatic carbocycles. The maximum atomic E-state index is 8.59. The molecule has 0 aromatic heterocycles. The molecule has 0 saturated carbocycles. The molecule has 0 saturated heterocycles. The van der Waals surface area contributed by atoms with Crippen LogP contribution in [-0.2, 0) is 4.89 Å². The van der Waals surface area contributed by atoms with E-state index in [0.29, 0.717) is 5.92 Å². The van der Waals surface area contributed by atoms with Gasteiger partial charge in [0.25, 0.3) is 0 Å². The van der Waals surface area contributed by atoms with E-state index in [1.807, 2.05) is 13.8 Å². The Morgan fingerprint density at radius 3 is 2.92 bits per heavy atom. The Bertz CT molecular complexity index is 206. The van der Waals surface area contributed by atoms with Crippen molar-refractivity contribution in [2.75, 3.05) is 0 Å². The van der Waals surface area contributed by atoms with Crippen molar-refractivity contribution >= 4 is 0 Å². The number of hydrogen-bond donors (Lipinski definition) is 1. The van der Waals surface area contributed by atoms with E-state index in [0.717, 1.165) is 18.4 Å². The van der Waals surface area contributed by atoms with Crippen LogP contribution in [0.25, 0.3) is 0 Å². The van der Waals surface area contributed by atoms with Gasteiger partial charge in [-0.25, -0.2) is 4.89 Å². The molecule has 0 bridgehead atoms. The minimum absolute atomic E-state index is 0.125. The van der Waals surface area contributed by atoms with E-state index in [2.05, 4.69) is 17.5 Å². The number of allylic oxidation sites excluding steroid dienone is 2. The molecule has 1 N–H and O–H groups in total. The standard InChI is InChI=1S/C10H16O2/c1-7(2)9-5-4-8(3)10(6-9)12-11/h4,9-11H,1,5-6H2,2-3H3. The Hall–Kier alpha value is -0.600. The zero-order valence-electron chi connectivity index (χ0n) is 7.71. The summed E-state index contributed by atoms with van der Waals surface area (Å²) in [6, 6.07) is 0. The minimum Gasteiger partial charge on any atom is -0.251 e. The summed E-state index contributed by atoms with van der Waals surface area (Å²) < 4.78 is 0. The van der Waals surface area contributed by atoms with Crippen LogP contribution in [0.1, 0.15) is 26.7 Å². The fraction of sp³-hybridized carbons (Fsp3) is 0.600. The molecule has 0 aromatic rings. The SMILES string of the molecule is C=C(C)C1CC=C(C)C(OO)C1. The Labute approximate surface area is 73.5 Å². The zero-order chi connectivity index (χ0) is 9.14. The summed E-state index contributed by atoms with van der Waals surface area (Å²) in [5, 5.41) is 8.59. The third-order valence-corrected chi connectivity index (χ3v) is 2.55. The maximum Gasteiger partial charge on any atom is 0.114 e. The lowest BCUT2D eigenvalue weighted by molar-refractivity contribution is -0.272. The molecule has 1 aliphatic rings. The molecule has 0 aromatic carbocycles. The molecule has 0 amide bonds. The summed E-state index contributed by atoms with van der Waals surface area (Å²) in [5.74, 6) is 0.464. The van der Waals surface area contributed by atoms with Crippen molar-refractivity contribution in [1.82, 2.24) is 0 Å². The largest absolute Gasteiger partial charge is 0.251 e. The van der Waals surface area contributed by atoms with Gasteiger partial charge in [-0.3, -0.25) is 5.26 Å². The third-order valence-electron chi connectivity index (χ3n) is 2.55. The predicted octanol–water partition coefficient (Wildman–Crippen LogP) is 2.78. The second kappa shape index (κ2) is 3.87. The smallest absolute Gasteiger partial charge is 0.114 e. The van der Waals surface area contributed by atoms with Crippen molar-refractivity contribution in [3.63, 3.8) is 0 Å². The van der Waals surface area contributed by atoms with Crippen LogP contribution in [0.2, 0.25) is 0 Å².